The van der Waals surface area contributed by atoms with Crippen LogP contribution in [0.3, 0.4) is 0 Å². The number of nitrogens with one attached hydrogen (secondary N) is 3. The van der Waals surface area contributed by atoms with Crippen molar-refractivity contribution in [3.63, 3.8) is 0 Å². The van der Waals surface area contributed by atoms with E-state index < -0.39 is 6.10 Å². The summed E-state index contributed by atoms with van der Waals surface area (Å²) >= 11 is 0. The Hall–Kier alpha value is -1.83. The van der Waals surface area contributed by atoms with Crippen molar-refractivity contribution in [1.29, 1.82) is 0 Å². The van der Waals surface area contributed by atoms with E-state index >= 15 is 0 Å². The van der Waals surface area contributed by atoms with Crippen LogP contribution in [0.2, 0.25) is 0 Å². The number of methoxy groups -OCH3 is 1. The summed E-state index contributed by atoms with van der Waals surface area (Å²) in [5.74, 6) is 0.230. The van der Waals surface area contributed by atoms with E-state index in [1.54, 1.807) is 32.2 Å². The molecule has 7 nitrogen and oxygen atoms in total. The average molecular weight is 330 g/mol. The Morgan fingerprint density at radius 2 is 2.23 bits per heavy atom. The van der Waals surface area contributed by atoms with Gasteiger partial charge in [0.15, 0.2) is 6.10 Å². The number of anilines is 2. The number of ether oxygens (including phenoxy) is 2. The predicted octanol–water partition coefficient (Wildman–Crippen LogP) is 1.00. The Labute approximate surface area is 135 Å². The summed E-state index contributed by atoms with van der Waals surface area (Å²) in [4.78, 5) is 23.3. The number of amides is 2. The zero-order valence-electron chi connectivity index (χ0n) is 12.5. The molecule has 1 unspecified atom stereocenters. The molecule has 0 saturated heterocycles. The van der Waals surface area contributed by atoms with E-state index in [1.807, 2.05) is 0 Å². The van der Waals surface area contributed by atoms with Crippen molar-refractivity contribution in [2.45, 2.75) is 13.0 Å². The molecule has 0 bridgehead atoms. The SMILES string of the molecule is COCCNCC(=O)Nc1ccc2c(c1)NC(=O)C(C)O2.Cl. The quantitative estimate of drug-likeness (QED) is 0.678. The van der Waals surface area contributed by atoms with Gasteiger partial charge in [0.25, 0.3) is 5.91 Å². The Kier molecular flexibility index (Phi) is 7.10. The third-order valence-corrected chi connectivity index (χ3v) is 2.96. The molecule has 122 valence electrons. The van der Waals surface area contributed by atoms with Gasteiger partial charge in [-0.25, -0.2) is 0 Å². The fraction of sp³-hybridized carbons (Fsp3) is 0.429. The second-order valence-electron chi connectivity index (χ2n) is 4.68. The molecule has 3 N–H and O–H groups in total. The number of halogens is 1. The van der Waals surface area contributed by atoms with Crippen LogP contribution >= 0.6 is 12.4 Å². The largest absolute Gasteiger partial charge is 0.479 e. The number of hydrogen-bond acceptors (Lipinski definition) is 5. The predicted molar refractivity (Wildman–Crippen MR) is 85.8 cm³/mol. The molecule has 1 aliphatic heterocycles. The molecule has 0 radical (unpaired) electrons. The van der Waals surface area contributed by atoms with Gasteiger partial charge < -0.3 is 25.4 Å². The van der Waals surface area contributed by atoms with Gasteiger partial charge in [0.1, 0.15) is 5.75 Å². The smallest absolute Gasteiger partial charge is 0.265 e. The fourth-order valence-corrected chi connectivity index (χ4v) is 1.87. The van der Waals surface area contributed by atoms with E-state index in [0.29, 0.717) is 30.3 Å². The summed E-state index contributed by atoms with van der Waals surface area (Å²) in [6.45, 7) is 3.03. The highest BCUT2D eigenvalue weighted by atomic mass is 35.5. The van der Waals surface area contributed by atoms with Crippen molar-refractivity contribution >= 4 is 35.6 Å². The molecule has 1 atom stereocenters. The zero-order chi connectivity index (χ0) is 15.2. The Morgan fingerprint density at radius 1 is 1.45 bits per heavy atom. The molecule has 2 rings (SSSR count). The van der Waals surface area contributed by atoms with Crippen molar-refractivity contribution in [1.82, 2.24) is 5.32 Å². The molecule has 0 fully saturated rings. The lowest BCUT2D eigenvalue weighted by molar-refractivity contribution is -0.122. The van der Waals surface area contributed by atoms with Crippen LogP contribution in [0.4, 0.5) is 11.4 Å². The van der Waals surface area contributed by atoms with Crippen LogP contribution in [0, 0.1) is 0 Å². The van der Waals surface area contributed by atoms with Crippen LogP contribution in [0.1, 0.15) is 6.92 Å². The minimum atomic E-state index is -0.511. The van der Waals surface area contributed by atoms with E-state index in [0.717, 1.165) is 0 Å². The van der Waals surface area contributed by atoms with E-state index in [2.05, 4.69) is 16.0 Å². The highest BCUT2D eigenvalue weighted by molar-refractivity contribution is 5.99. The van der Waals surface area contributed by atoms with Crippen LogP contribution in [0.25, 0.3) is 0 Å². The number of fused-ring (bicyclic) bond motifs is 1. The van der Waals surface area contributed by atoms with Gasteiger partial charge in [-0.3, -0.25) is 9.59 Å². The lowest BCUT2D eigenvalue weighted by Crippen LogP contribution is -2.34. The normalized spacial score (nSPS) is 15.9. The lowest BCUT2D eigenvalue weighted by atomic mass is 10.2. The van der Waals surface area contributed by atoms with Gasteiger partial charge in [0, 0.05) is 19.3 Å². The Balaban J connectivity index is 0.00000242. The first-order valence-corrected chi connectivity index (χ1v) is 6.71. The highest BCUT2D eigenvalue weighted by Gasteiger charge is 2.23. The average Bonchev–Trinajstić information content (AvgIpc) is 2.45. The van der Waals surface area contributed by atoms with Crippen molar-refractivity contribution in [3.8, 4) is 5.75 Å². The van der Waals surface area contributed by atoms with Crippen molar-refractivity contribution in [2.24, 2.45) is 0 Å². The topological polar surface area (TPSA) is 88.7 Å². The second-order valence-corrected chi connectivity index (χ2v) is 4.68. The summed E-state index contributed by atoms with van der Waals surface area (Å²) in [5.41, 5.74) is 1.16. The first-order chi connectivity index (χ1) is 10.1. The number of benzene rings is 1. The number of carbonyl (C=O) groups excluding carboxylic acids is 2. The molecule has 1 heterocycles. The Morgan fingerprint density at radius 3 is 2.95 bits per heavy atom. The van der Waals surface area contributed by atoms with Gasteiger partial charge in [0.2, 0.25) is 5.91 Å². The van der Waals surface area contributed by atoms with Crippen LogP contribution < -0.4 is 20.7 Å². The summed E-state index contributed by atoms with van der Waals surface area (Å²) in [6, 6.07) is 5.13. The molecule has 1 aromatic carbocycles. The first kappa shape index (κ1) is 18.2. The van der Waals surface area contributed by atoms with Gasteiger partial charge in [-0.05, 0) is 25.1 Å². The summed E-state index contributed by atoms with van der Waals surface area (Å²) in [6.07, 6.45) is -0.511. The minimum Gasteiger partial charge on any atom is -0.479 e. The van der Waals surface area contributed by atoms with E-state index in [4.69, 9.17) is 9.47 Å². The number of hydrogen-bond donors (Lipinski definition) is 3. The van der Waals surface area contributed by atoms with E-state index in [9.17, 15) is 9.59 Å². The fourth-order valence-electron chi connectivity index (χ4n) is 1.87. The molecular weight excluding hydrogens is 310 g/mol. The van der Waals surface area contributed by atoms with Crippen LogP contribution in [-0.4, -0.2) is 44.7 Å². The lowest BCUT2D eigenvalue weighted by Gasteiger charge is -2.23. The summed E-state index contributed by atoms with van der Waals surface area (Å²) in [5, 5.41) is 8.43. The molecule has 1 aliphatic rings. The zero-order valence-corrected chi connectivity index (χ0v) is 13.3. The van der Waals surface area contributed by atoms with E-state index in [1.165, 1.54) is 0 Å². The molecule has 2 amide bonds. The first-order valence-electron chi connectivity index (χ1n) is 6.71. The third kappa shape index (κ3) is 4.87. The molecule has 8 heteroatoms. The molecule has 0 saturated carbocycles. The maximum absolute atomic E-state index is 11.7. The third-order valence-electron chi connectivity index (χ3n) is 2.96. The van der Waals surface area contributed by atoms with Crippen molar-refractivity contribution in [3.05, 3.63) is 18.2 Å². The van der Waals surface area contributed by atoms with Gasteiger partial charge in [-0.2, -0.15) is 0 Å². The monoisotopic (exact) mass is 329 g/mol. The molecule has 1 aromatic rings. The molecule has 0 aliphatic carbocycles. The van der Waals surface area contributed by atoms with Crippen LogP contribution in [0.15, 0.2) is 18.2 Å². The van der Waals surface area contributed by atoms with Gasteiger partial charge >= 0.3 is 0 Å². The molecule has 0 aromatic heterocycles. The Bertz CT molecular complexity index is 539. The highest BCUT2D eigenvalue weighted by Crippen LogP contribution is 2.31. The van der Waals surface area contributed by atoms with Crippen molar-refractivity contribution in [2.75, 3.05) is 37.4 Å². The second kappa shape index (κ2) is 8.57. The van der Waals surface area contributed by atoms with Gasteiger partial charge in [0.05, 0.1) is 18.8 Å². The van der Waals surface area contributed by atoms with Crippen LogP contribution in [0.5, 0.6) is 5.75 Å². The van der Waals surface area contributed by atoms with Gasteiger partial charge in [-0.15, -0.1) is 12.4 Å². The summed E-state index contributed by atoms with van der Waals surface area (Å²) in [7, 11) is 1.60. The number of rotatable bonds is 6. The maximum Gasteiger partial charge on any atom is 0.265 e. The standard InChI is InChI=1S/C14H19N3O4.ClH/c1-9-14(19)17-11-7-10(3-4-12(11)21-9)16-13(18)8-15-5-6-20-2;/h3-4,7,9,15H,5-6,8H2,1-2H3,(H,16,18)(H,17,19);1H. The van der Waals surface area contributed by atoms with Crippen molar-refractivity contribution < 1.29 is 19.1 Å². The maximum atomic E-state index is 11.7. The van der Waals surface area contributed by atoms with E-state index in [-0.39, 0.29) is 30.8 Å². The number of carbonyl (C=O) groups is 2. The minimum absolute atomic E-state index is 0. The summed E-state index contributed by atoms with van der Waals surface area (Å²) < 4.78 is 10.3. The molecular formula is C14H20ClN3O4. The van der Waals surface area contributed by atoms with Crippen LogP contribution in [-0.2, 0) is 14.3 Å². The molecule has 0 spiro atoms. The van der Waals surface area contributed by atoms with Gasteiger partial charge in [-0.1, -0.05) is 0 Å². The molecule has 22 heavy (non-hydrogen) atoms.